The molecule has 1 aromatic rings. The Balaban J connectivity index is 1.35. The van der Waals surface area contributed by atoms with Gasteiger partial charge in [-0.15, -0.1) is 0 Å². The lowest BCUT2D eigenvalue weighted by Gasteiger charge is -2.39. The second-order valence-corrected chi connectivity index (χ2v) is 9.17. The summed E-state index contributed by atoms with van der Waals surface area (Å²) in [6.07, 6.45) is 7.39. The number of piperidine rings is 1. The fraction of sp³-hybridized carbons (Fsp3) is 0.667. The molecule has 2 amide bonds. The number of β-amino-alcohol motifs (C(OH)–C–C–N with tert-alkyl or cyclic N) is 1. The van der Waals surface area contributed by atoms with Crippen molar-refractivity contribution in [2.24, 2.45) is 0 Å². The van der Waals surface area contributed by atoms with Crippen molar-refractivity contribution in [2.75, 3.05) is 26.7 Å². The lowest BCUT2D eigenvalue weighted by atomic mass is 9.95. The van der Waals surface area contributed by atoms with Gasteiger partial charge in [0.05, 0.1) is 24.8 Å². The number of nitrogens with one attached hydrogen (secondary N) is 1. The van der Waals surface area contributed by atoms with Gasteiger partial charge in [-0.2, -0.15) is 0 Å². The maximum absolute atomic E-state index is 13.0. The zero-order valence-electron chi connectivity index (χ0n) is 18.5. The minimum atomic E-state index is -0.463. The minimum Gasteiger partial charge on any atom is -0.496 e. The largest absolute Gasteiger partial charge is 0.496 e. The van der Waals surface area contributed by atoms with Crippen LogP contribution in [0.3, 0.4) is 0 Å². The highest BCUT2D eigenvalue weighted by Gasteiger charge is 2.41. The molecule has 0 bridgehead atoms. The summed E-state index contributed by atoms with van der Waals surface area (Å²) < 4.78 is 5.35. The second kappa shape index (κ2) is 10.0. The number of carbonyl (C=O) groups excluding carboxylic acids is 2. The Morgan fingerprint density at radius 2 is 1.77 bits per heavy atom. The molecule has 2 saturated heterocycles. The first-order valence-corrected chi connectivity index (χ1v) is 11.7. The fourth-order valence-corrected chi connectivity index (χ4v) is 5.44. The molecule has 3 aliphatic rings. The van der Waals surface area contributed by atoms with Crippen molar-refractivity contribution < 1.29 is 19.4 Å². The number of carbonyl (C=O) groups is 2. The van der Waals surface area contributed by atoms with Gasteiger partial charge in [0.2, 0.25) is 5.91 Å². The van der Waals surface area contributed by atoms with Crippen molar-refractivity contribution in [1.29, 1.82) is 0 Å². The molecule has 1 aromatic carbocycles. The summed E-state index contributed by atoms with van der Waals surface area (Å²) in [5, 5.41) is 13.5. The van der Waals surface area contributed by atoms with Gasteiger partial charge in [0.25, 0.3) is 5.91 Å². The summed E-state index contributed by atoms with van der Waals surface area (Å²) in [7, 11) is 1.58. The van der Waals surface area contributed by atoms with E-state index in [1.165, 1.54) is 19.3 Å². The van der Waals surface area contributed by atoms with Gasteiger partial charge in [0, 0.05) is 31.7 Å². The summed E-state index contributed by atoms with van der Waals surface area (Å²) in [6, 6.07) is 7.54. The maximum Gasteiger partial charge on any atom is 0.257 e. The molecule has 7 heteroatoms. The van der Waals surface area contributed by atoms with E-state index < -0.39 is 6.10 Å². The topological polar surface area (TPSA) is 82.1 Å². The average molecular weight is 430 g/mol. The van der Waals surface area contributed by atoms with E-state index in [0.29, 0.717) is 37.4 Å². The predicted octanol–water partition coefficient (Wildman–Crippen LogP) is 2.18. The minimum absolute atomic E-state index is 0.0102. The van der Waals surface area contributed by atoms with E-state index in [9.17, 15) is 14.7 Å². The number of hydrogen-bond acceptors (Lipinski definition) is 5. The molecule has 4 rings (SSSR count). The molecular formula is C24H35N3O4. The zero-order valence-corrected chi connectivity index (χ0v) is 18.5. The third-order valence-electron chi connectivity index (χ3n) is 7.13. The first-order chi connectivity index (χ1) is 15.1. The number of aliphatic hydroxyl groups excluding tert-OH is 1. The van der Waals surface area contributed by atoms with E-state index in [4.69, 9.17) is 4.74 Å². The molecule has 2 aliphatic heterocycles. The number of nitrogens with zero attached hydrogens (tertiary/aromatic N) is 2. The van der Waals surface area contributed by atoms with Crippen LogP contribution in [0.15, 0.2) is 24.3 Å². The quantitative estimate of drug-likeness (QED) is 0.750. The highest BCUT2D eigenvalue weighted by atomic mass is 16.5. The molecule has 2 N–H and O–H groups in total. The van der Waals surface area contributed by atoms with Gasteiger partial charge in [0.1, 0.15) is 5.75 Å². The van der Waals surface area contributed by atoms with Crippen LogP contribution in [0.25, 0.3) is 0 Å². The van der Waals surface area contributed by atoms with Crippen LogP contribution in [0.5, 0.6) is 5.75 Å². The van der Waals surface area contributed by atoms with Crippen LogP contribution in [0.4, 0.5) is 0 Å². The Bertz CT molecular complexity index is 772. The number of ether oxygens (including phenoxy) is 1. The summed E-state index contributed by atoms with van der Waals surface area (Å²) >= 11 is 0. The van der Waals surface area contributed by atoms with Crippen LogP contribution in [-0.4, -0.2) is 77.7 Å². The fourth-order valence-electron chi connectivity index (χ4n) is 5.44. The molecule has 1 saturated carbocycles. The molecule has 7 nitrogen and oxygen atoms in total. The Morgan fingerprint density at radius 1 is 1.06 bits per heavy atom. The highest BCUT2D eigenvalue weighted by molar-refractivity contribution is 5.97. The Morgan fingerprint density at radius 3 is 2.48 bits per heavy atom. The third kappa shape index (κ3) is 5.04. The van der Waals surface area contributed by atoms with Gasteiger partial charge in [-0.25, -0.2) is 0 Å². The maximum atomic E-state index is 13.0. The number of para-hydroxylation sites is 1. The smallest absolute Gasteiger partial charge is 0.257 e. The number of rotatable bonds is 5. The van der Waals surface area contributed by atoms with Crippen molar-refractivity contribution >= 4 is 11.8 Å². The van der Waals surface area contributed by atoms with Gasteiger partial charge in [-0.1, -0.05) is 31.4 Å². The molecule has 2 atom stereocenters. The molecular weight excluding hydrogens is 394 g/mol. The second-order valence-electron chi connectivity index (χ2n) is 9.17. The number of benzene rings is 1. The van der Waals surface area contributed by atoms with Gasteiger partial charge in [0.15, 0.2) is 0 Å². The van der Waals surface area contributed by atoms with E-state index in [-0.39, 0.29) is 29.9 Å². The number of amides is 2. The van der Waals surface area contributed by atoms with Crippen molar-refractivity contribution in [3.63, 3.8) is 0 Å². The molecule has 0 radical (unpaired) electrons. The third-order valence-corrected chi connectivity index (χ3v) is 7.13. The predicted molar refractivity (Wildman–Crippen MR) is 118 cm³/mol. The Kier molecular flexibility index (Phi) is 7.13. The van der Waals surface area contributed by atoms with Crippen LogP contribution in [0.2, 0.25) is 0 Å². The van der Waals surface area contributed by atoms with E-state index >= 15 is 0 Å². The zero-order chi connectivity index (χ0) is 21.8. The Hall–Kier alpha value is -2.12. The molecule has 0 spiro atoms. The van der Waals surface area contributed by atoms with Gasteiger partial charge in [-0.05, 0) is 44.2 Å². The SMILES string of the molecule is COc1ccccc1C(=O)N1CCC(N2C[C@H](O)C[C@H]2C(=O)NC2CCCCC2)CC1. The van der Waals surface area contributed by atoms with Gasteiger partial charge >= 0.3 is 0 Å². The first kappa shape index (κ1) is 22.1. The van der Waals surface area contributed by atoms with Crippen molar-refractivity contribution in [2.45, 2.75) is 75.6 Å². The molecule has 2 heterocycles. The van der Waals surface area contributed by atoms with E-state index in [0.717, 1.165) is 25.7 Å². The van der Waals surface area contributed by atoms with Gasteiger partial charge < -0.3 is 20.1 Å². The van der Waals surface area contributed by atoms with E-state index in [1.54, 1.807) is 19.2 Å². The van der Waals surface area contributed by atoms with Crippen LogP contribution in [0, 0.1) is 0 Å². The monoisotopic (exact) mass is 429 g/mol. The van der Waals surface area contributed by atoms with Crippen molar-refractivity contribution in [3.05, 3.63) is 29.8 Å². The first-order valence-electron chi connectivity index (χ1n) is 11.7. The number of likely N-dealkylation sites (tertiary alicyclic amines) is 2. The Labute approximate surface area is 184 Å². The van der Waals surface area contributed by atoms with Crippen LogP contribution < -0.4 is 10.1 Å². The summed E-state index contributed by atoms with van der Waals surface area (Å²) in [5.41, 5.74) is 0.588. The lowest BCUT2D eigenvalue weighted by Crippen LogP contribution is -2.53. The summed E-state index contributed by atoms with van der Waals surface area (Å²) in [4.78, 5) is 30.0. The van der Waals surface area contributed by atoms with E-state index in [1.807, 2.05) is 17.0 Å². The standard InChI is InChI=1S/C24H35N3O4/c1-31-22-10-6-5-9-20(22)24(30)26-13-11-18(12-14-26)27-16-19(28)15-21(27)23(29)25-17-7-3-2-4-8-17/h5-6,9-10,17-19,21,28H,2-4,7-8,11-16H2,1H3,(H,25,29)/t19-,21+/m1/s1. The molecule has 1 aliphatic carbocycles. The molecule has 3 fully saturated rings. The van der Waals surface area contributed by atoms with Crippen LogP contribution in [-0.2, 0) is 4.79 Å². The summed E-state index contributed by atoms with van der Waals surface area (Å²) in [6.45, 7) is 1.82. The van der Waals surface area contributed by atoms with Crippen molar-refractivity contribution in [1.82, 2.24) is 15.1 Å². The normalized spacial score (nSPS) is 26.1. The average Bonchev–Trinajstić information content (AvgIpc) is 3.21. The molecule has 31 heavy (non-hydrogen) atoms. The number of aliphatic hydroxyl groups is 1. The van der Waals surface area contributed by atoms with Crippen LogP contribution in [0.1, 0.15) is 61.7 Å². The molecule has 170 valence electrons. The van der Waals surface area contributed by atoms with E-state index in [2.05, 4.69) is 10.2 Å². The molecule has 0 unspecified atom stereocenters. The van der Waals surface area contributed by atoms with Crippen LogP contribution >= 0.6 is 0 Å². The van der Waals surface area contributed by atoms with Gasteiger partial charge in [-0.3, -0.25) is 14.5 Å². The number of hydrogen-bond donors (Lipinski definition) is 2. The lowest BCUT2D eigenvalue weighted by molar-refractivity contribution is -0.127. The molecule has 0 aromatic heterocycles. The van der Waals surface area contributed by atoms with Crippen molar-refractivity contribution in [3.8, 4) is 5.75 Å². The summed E-state index contributed by atoms with van der Waals surface area (Å²) in [5.74, 6) is 0.650. The highest BCUT2D eigenvalue weighted by Crippen LogP contribution is 2.29. The number of methoxy groups -OCH3 is 1.